The Labute approximate surface area is 170 Å². The third-order valence-corrected chi connectivity index (χ3v) is 7.02. The molecule has 1 aromatic rings. The Balaban J connectivity index is 2.02. The molecule has 0 aromatic heterocycles. The summed E-state index contributed by atoms with van der Waals surface area (Å²) in [5.74, 6) is 1.01. The van der Waals surface area contributed by atoms with Gasteiger partial charge < -0.3 is 5.32 Å². The first kappa shape index (κ1) is 22.9. The topological polar surface area (TPSA) is 66.5 Å². The molecule has 0 radical (unpaired) electrons. The summed E-state index contributed by atoms with van der Waals surface area (Å²) in [6.07, 6.45) is 2.05. The van der Waals surface area contributed by atoms with Gasteiger partial charge in [0.1, 0.15) is 0 Å². The molecule has 1 atom stereocenters. The van der Waals surface area contributed by atoms with Gasteiger partial charge in [-0.2, -0.15) is 0 Å². The monoisotopic (exact) mass is 408 g/mol. The highest BCUT2D eigenvalue weighted by molar-refractivity contribution is 7.91. The molecular formula is C22H36N2O3S. The predicted octanol–water partition coefficient (Wildman–Crippen LogP) is 3.50. The van der Waals surface area contributed by atoms with Gasteiger partial charge >= 0.3 is 0 Å². The van der Waals surface area contributed by atoms with Crippen LogP contribution in [-0.2, 0) is 16.4 Å². The molecule has 0 spiro atoms. The zero-order valence-electron chi connectivity index (χ0n) is 18.0. The predicted molar refractivity (Wildman–Crippen MR) is 115 cm³/mol. The van der Waals surface area contributed by atoms with Gasteiger partial charge in [-0.1, -0.05) is 46.8 Å². The average Bonchev–Trinajstić information content (AvgIpc) is 2.59. The minimum atomic E-state index is -2.87. The van der Waals surface area contributed by atoms with E-state index in [1.165, 1.54) is 0 Å². The van der Waals surface area contributed by atoms with E-state index >= 15 is 0 Å². The fraction of sp³-hybridized carbons (Fsp3) is 0.682. The summed E-state index contributed by atoms with van der Waals surface area (Å²) in [7, 11) is -2.87. The van der Waals surface area contributed by atoms with Crippen LogP contribution in [0.1, 0.15) is 63.4 Å². The molecule has 0 aliphatic carbocycles. The highest BCUT2D eigenvalue weighted by Gasteiger charge is 2.27. The summed E-state index contributed by atoms with van der Waals surface area (Å²) in [6.45, 7) is 12.7. The third-order valence-electron chi connectivity index (χ3n) is 5.42. The SMILES string of the molecule is CC(C)CCC(NC(=O)c1cccc(CN2CCS(=O)(=O)CC2)c1)C(C)(C)C. The van der Waals surface area contributed by atoms with Crippen molar-refractivity contribution in [3.8, 4) is 0 Å². The van der Waals surface area contributed by atoms with Crippen LogP contribution in [0.15, 0.2) is 24.3 Å². The first-order valence-electron chi connectivity index (χ1n) is 10.3. The highest BCUT2D eigenvalue weighted by atomic mass is 32.2. The summed E-state index contributed by atoms with van der Waals surface area (Å²) in [6, 6.07) is 7.81. The summed E-state index contributed by atoms with van der Waals surface area (Å²) < 4.78 is 23.2. The van der Waals surface area contributed by atoms with Crippen LogP contribution in [0.2, 0.25) is 0 Å². The molecular weight excluding hydrogens is 372 g/mol. The van der Waals surface area contributed by atoms with E-state index in [0.717, 1.165) is 18.4 Å². The molecule has 0 bridgehead atoms. The van der Waals surface area contributed by atoms with Crippen LogP contribution >= 0.6 is 0 Å². The summed E-state index contributed by atoms with van der Waals surface area (Å²) >= 11 is 0. The molecule has 1 aliphatic heterocycles. The molecule has 2 rings (SSSR count). The van der Waals surface area contributed by atoms with Crippen molar-refractivity contribution in [3.05, 3.63) is 35.4 Å². The van der Waals surface area contributed by atoms with Crippen LogP contribution < -0.4 is 5.32 Å². The fourth-order valence-corrected chi connectivity index (χ4v) is 4.72. The summed E-state index contributed by atoms with van der Waals surface area (Å²) in [4.78, 5) is 15.0. The minimum absolute atomic E-state index is 0.00144. The second-order valence-electron chi connectivity index (χ2n) is 9.49. The average molecular weight is 409 g/mol. The maximum absolute atomic E-state index is 12.9. The molecule has 1 N–H and O–H groups in total. The van der Waals surface area contributed by atoms with Crippen LogP contribution in [0.4, 0.5) is 0 Å². The number of nitrogens with zero attached hydrogens (tertiary/aromatic N) is 1. The van der Waals surface area contributed by atoms with Gasteiger partial charge in [-0.25, -0.2) is 8.42 Å². The molecule has 0 saturated carbocycles. The number of rotatable bonds is 7. The van der Waals surface area contributed by atoms with E-state index < -0.39 is 9.84 Å². The lowest BCUT2D eigenvalue weighted by molar-refractivity contribution is 0.0894. The number of hydrogen-bond donors (Lipinski definition) is 1. The van der Waals surface area contributed by atoms with Gasteiger partial charge in [0.25, 0.3) is 5.91 Å². The van der Waals surface area contributed by atoms with E-state index in [1.807, 2.05) is 24.3 Å². The largest absolute Gasteiger partial charge is 0.349 e. The number of carbonyl (C=O) groups is 1. The first-order valence-corrected chi connectivity index (χ1v) is 12.1. The van der Waals surface area contributed by atoms with E-state index in [-0.39, 0.29) is 28.9 Å². The molecule has 1 amide bonds. The van der Waals surface area contributed by atoms with Crippen molar-refractivity contribution in [2.75, 3.05) is 24.6 Å². The van der Waals surface area contributed by atoms with Crippen molar-refractivity contribution in [3.63, 3.8) is 0 Å². The quantitative estimate of drug-likeness (QED) is 0.750. The normalized spacial score (nSPS) is 18.8. The first-order chi connectivity index (χ1) is 13.0. The van der Waals surface area contributed by atoms with Crippen molar-refractivity contribution in [1.29, 1.82) is 0 Å². The summed E-state index contributed by atoms with van der Waals surface area (Å²) in [5, 5.41) is 3.24. The minimum Gasteiger partial charge on any atom is -0.349 e. The van der Waals surface area contributed by atoms with Crippen LogP contribution in [0.25, 0.3) is 0 Å². The number of amides is 1. The van der Waals surface area contributed by atoms with Crippen LogP contribution in [0, 0.1) is 11.3 Å². The lowest BCUT2D eigenvalue weighted by Gasteiger charge is -2.32. The van der Waals surface area contributed by atoms with Crippen LogP contribution in [0.5, 0.6) is 0 Å². The van der Waals surface area contributed by atoms with Crippen molar-refractivity contribution in [2.24, 2.45) is 11.3 Å². The molecule has 1 aromatic carbocycles. The second-order valence-corrected chi connectivity index (χ2v) is 11.8. The Kier molecular flexibility index (Phi) is 7.68. The maximum Gasteiger partial charge on any atom is 0.251 e. The number of nitrogens with one attached hydrogen (secondary N) is 1. The lowest BCUT2D eigenvalue weighted by Crippen LogP contribution is -2.44. The molecule has 1 fully saturated rings. The second kappa shape index (κ2) is 9.40. The van der Waals surface area contributed by atoms with Crippen LogP contribution in [0.3, 0.4) is 0 Å². The molecule has 1 heterocycles. The van der Waals surface area contributed by atoms with E-state index in [2.05, 4.69) is 44.8 Å². The maximum atomic E-state index is 12.9. The van der Waals surface area contributed by atoms with Crippen LogP contribution in [-0.4, -0.2) is 49.9 Å². The van der Waals surface area contributed by atoms with E-state index in [1.54, 1.807) is 0 Å². The Morgan fingerprint density at radius 2 is 1.79 bits per heavy atom. The Morgan fingerprint density at radius 1 is 1.14 bits per heavy atom. The highest BCUT2D eigenvalue weighted by Crippen LogP contribution is 2.25. The van der Waals surface area contributed by atoms with Gasteiger partial charge in [0.15, 0.2) is 9.84 Å². The zero-order chi connectivity index (χ0) is 20.9. The smallest absolute Gasteiger partial charge is 0.251 e. The Bertz CT molecular complexity index is 752. The fourth-order valence-electron chi connectivity index (χ4n) is 3.44. The molecule has 5 nitrogen and oxygen atoms in total. The van der Waals surface area contributed by atoms with E-state index in [4.69, 9.17) is 0 Å². The number of sulfone groups is 1. The number of benzene rings is 1. The Hall–Kier alpha value is -1.40. The number of carbonyl (C=O) groups excluding carboxylic acids is 1. The van der Waals surface area contributed by atoms with E-state index in [0.29, 0.717) is 31.1 Å². The van der Waals surface area contributed by atoms with Gasteiger partial charge in [-0.05, 0) is 41.9 Å². The molecule has 6 heteroatoms. The lowest BCUT2D eigenvalue weighted by atomic mass is 9.82. The summed E-state index contributed by atoms with van der Waals surface area (Å²) in [5.41, 5.74) is 1.71. The Morgan fingerprint density at radius 3 is 2.36 bits per heavy atom. The van der Waals surface area contributed by atoms with Gasteiger partial charge in [0.05, 0.1) is 11.5 Å². The molecule has 28 heavy (non-hydrogen) atoms. The van der Waals surface area contributed by atoms with Gasteiger partial charge in [0, 0.05) is 31.2 Å². The standard InChI is InChI=1S/C22H36N2O3S/c1-17(2)9-10-20(22(3,4)5)23-21(25)19-8-6-7-18(15-19)16-24-11-13-28(26,27)14-12-24/h6-8,15,17,20H,9-14,16H2,1-5H3,(H,23,25). The number of hydrogen-bond acceptors (Lipinski definition) is 4. The van der Waals surface area contributed by atoms with Gasteiger partial charge in [0.2, 0.25) is 0 Å². The van der Waals surface area contributed by atoms with Crippen molar-refractivity contribution in [2.45, 2.75) is 60.0 Å². The molecule has 158 valence electrons. The van der Waals surface area contributed by atoms with Crippen molar-refractivity contribution < 1.29 is 13.2 Å². The van der Waals surface area contributed by atoms with Crippen molar-refractivity contribution >= 4 is 15.7 Å². The van der Waals surface area contributed by atoms with Gasteiger partial charge in [-0.15, -0.1) is 0 Å². The van der Waals surface area contributed by atoms with E-state index in [9.17, 15) is 13.2 Å². The molecule has 1 saturated heterocycles. The zero-order valence-corrected chi connectivity index (χ0v) is 18.8. The third kappa shape index (κ3) is 7.21. The van der Waals surface area contributed by atoms with Crippen molar-refractivity contribution in [1.82, 2.24) is 10.2 Å². The molecule has 1 unspecified atom stereocenters. The van der Waals surface area contributed by atoms with Gasteiger partial charge in [-0.3, -0.25) is 9.69 Å². The molecule has 1 aliphatic rings.